The van der Waals surface area contributed by atoms with Crippen molar-refractivity contribution in [1.29, 1.82) is 0 Å². The Morgan fingerprint density at radius 2 is 1.91 bits per heavy atom. The number of ether oxygens (including phenoxy) is 2. The lowest BCUT2D eigenvalue weighted by atomic mass is 9.84. The molecule has 6 heteroatoms. The van der Waals surface area contributed by atoms with Crippen LogP contribution in [0, 0.1) is 0 Å². The number of rotatable bonds is 3. The molecule has 3 rings (SSSR count). The lowest BCUT2D eigenvalue weighted by molar-refractivity contribution is -0.262. The van der Waals surface area contributed by atoms with Crippen molar-refractivity contribution < 1.29 is 27.4 Å². The molecule has 2 aromatic carbocycles. The molecule has 1 unspecified atom stereocenters. The highest BCUT2D eigenvalue weighted by atomic mass is 19.4. The van der Waals surface area contributed by atoms with E-state index in [1.807, 2.05) is 0 Å². The monoisotopic (exact) mass is 322 g/mol. The molecule has 2 aromatic rings. The van der Waals surface area contributed by atoms with Gasteiger partial charge in [0.2, 0.25) is 5.60 Å². The van der Waals surface area contributed by atoms with Crippen molar-refractivity contribution in [3.05, 3.63) is 64.7 Å². The third-order valence-electron chi connectivity index (χ3n) is 3.99. The van der Waals surface area contributed by atoms with Crippen molar-refractivity contribution >= 4 is 6.29 Å². The molecule has 0 aliphatic carbocycles. The van der Waals surface area contributed by atoms with Gasteiger partial charge in [-0.05, 0) is 23.3 Å². The summed E-state index contributed by atoms with van der Waals surface area (Å²) in [5.74, 6) is 0.230. The number of methoxy groups -OCH3 is 1. The SMILES string of the molecule is COc1cc2c(cc1C=O)C(c1ccccc1)(C(F)(F)F)OC2. The molecule has 0 spiro atoms. The van der Waals surface area contributed by atoms with Crippen LogP contribution in [0.5, 0.6) is 5.75 Å². The second-order valence-electron chi connectivity index (χ2n) is 5.20. The molecule has 1 aliphatic rings. The summed E-state index contributed by atoms with van der Waals surface area (Å²) in [6.07, 6.45) is -4.20. The van der Waals surface area contributed by atoms with Crippen LogP contribution in [0.3, 0.4) is 0 Å². The van der Waals surface area contributed by atoms with Gasteiger partial charge < -0.3 is 9.47 Å². The van der Waals surface area contributed by atoms with Crippen LogP contribution in [0.1, 0.15) is 27.0 Å². The minimum absolute atomic E-state index is 0.0201. The summed E-state index contributed by atoms with van der Waals surface area (Å²) < 4.78 is 52.2. The van der Waals surface area contributed by atoms with E-state index in [2.05, 4.69) is 0 Å². The van der Waals surface area contributed by atoms with E-state index in [-0.39, 0.29) is 29.0 Å². The van der Waals surface area contributed by atoms with Crippen molar-refractivity contribution in [3.63, 3.8) is 0 Å². The van der Waals surface area contributed by atoms with Gasteiger partial charge in [-0.1, -0.05) is 30.3 Å². The Labute approximate surface area is 130 Å². The van der Waals surface area contributed by atoms with Crippen LogP contribution in [0.25, 0.3) is 0 Å². The zero-order chi connectivity index (χ0) is 16.7. The first kappa shape index (κ1) is 15.6. The molecule has 0 amide bonds. The Kier molecular flexibility index (Phi) is 3.64. The fourth-order valence-electron chi connectivity index (χ4n) is 2.93. The number of hydrogen-bond donors (Lipinski definition) is 0. The predicted octanol–water partition coefficient (Wildman–Crippen LogP) is 3.84. The second kappa shape index (κ2) is 5.38. The Morgan fingerprint density at radius 1 is 1.22 bits per heavy atom. The van der Waals surface area contributed by atoms with Crippen LogP contribution in [-0.2, 0) is 16.9 Å². The topological polar surface area (TPSA) is 35.5 Å². The standard InChI is InChI=1S/C17H13F3O3/c1-22-15-8-12-10-23-16(17(18,19)20,13-5-3-2-4-6-13)14(12)7-11(15)9-21/h2-9H,10H2,1H3. The van der Waals surface area contributed by atoms with E-state index in [0.29, 0.717) is 11.8 Å². The highest BCUT2D eigenvalue weighted by molar-refractivity contribution is 5.80. The van der Waals surface area contributed by atoms with Gasteiger partial charge in [0.25, 0.3) is 0 Å². The molecule has 1 atom stereocenters. The van der Waals surface area contributed by atoms with Gasteiger partial charge in [-0.15, -0.1) is 0 Å². The first-order valence-corrected chi connectivity index (χ1v) is 6.87. The minimum Gasteiger partial charge on any atom is -0.496 e. The van der Waals surface area contributed by atoms with E-state index in [1.54, 1.807) is 6.07 Å². The average Bonchev–Trinajstić information content (AvgIpc) is 2.93. The maximum atomic E-state index is 14.0. The Morgan fingerprint density at radius 3 is 2.48 bits per heavy atom. The lowest BCUT2D eigenvalue weighted by Gasteiger charge is -2.32. The summed E-state index contributed by atoms with van der Waals surface area (Å²) >= 11 is 0. The maximum Gasteiger partial charge on any atom is 0.426 e. The smallest absolute Gasteiger partial charge is 0.426 e. The molecule has 120 valence electrons. The van der Waals surface area contributed by atoms with Crippen LogP contribution >= 0.6 is 0 Å². The largest absolute Gasteiger partial charge is 0.496 e. The first-order valence-electron chi connectivity index (χ1n) is 6.87. The molecule has 0 radical (unpaired) electrons. The summed E-state index contributed by atoms with van der Waals surface area (Å²) in [5, 5.41) is 0. The molecule has 0 fully saturated rings. The second-order valence-corrected chi connectivity index (χ2v) is 5.20. The molecule has 1 aliphatic heterocycles. The molecule has 0 saturated carbocycles. The third-order valence-corrected chi connectivity index (χ3v) is 3.99. The van der Waals surface area contributed by atoms with Crippen LogP contribution in [0.4, 0.5) is 13.2 Å². The minimum atomic E-state index is -4.67. The number of aldehydes is 1. The van der Waals surface area contributed by atoms with Gasteiger partial charge in [-0.2, -0.15) is 13.2 Å². The molecule has 1 heterocycles. The summed E-state index contributed by atoms with van der Waals surface area (Å²) in [6, 6.07) is 10.0. The van der Waals surface area contributed by atoms with Crippen LogP contribution in [0.15, 0.2) is 42.5 Å². The van der Waals surface area contributed by atoms with E-state index >= 15 is 0 Å². The van der Waals surface area contributed by atoms with Crippen LogP contribution in [-0.4, -0.2) is 19.6 Å². The fourth-order valence-corrected chi connectivity index (χ4v) is 2.93. The predicted molar refractivity (Wildman–Crippen MR) is 76.4 cm³/mol. The highest BCUT2D eigenvalue weighted by Gasteiger charge is 2.62. The van der Waals surface area contributed by atoms with Gasteiger partial charge in [0.05, 0.1) is 19.3 Å². The highest BCUT2D eigenvalue weighted by Crippen LogP contribution is 2.53. The van der Waals surface area contributed by atoms with Crippen molar-refractivity contribution in [2.75, 3.05) is 7.11 Å². The Balaban J connectivity index is 2.30. The van der Waals surface area contributed by atoms with Crippen LogP contribution < -0.4 is 4.74 Å². The van der Waals surface area contributed by atoms with E-state index in [1.165, 1.54) is 43.5 Å². The van der Waals surface area contributed by atoms with Gasteiger partial charge in [-0.25, -0.2) is 0 Å². The summed E-state index contributed by atoms with van der Waals surface area (Å²) in [4.78, 5) is 11.2. The molecule has 3 nitrogen and oxygen atoms in total. The number of alkyl halides is 3. The first-order chi connectivity index (χ1) is 10.9. The lowest BCUT2D eigenvalue weighted by Crippen LogP contribution is -2.43. The zero-order valence-electron chi connectivity index (χ0n) is 12.2. The summed E-state index contributed by atoms with van der Waals surface area (Å²) in [6.45, 7) is -0.209. The Hall–Kier alpha value is -2.34. The third kappa shape index (κ3) is 2.21. The van der Waals surface area contributed by atoms with Crippen LogP contribution in [0.2, 0.25) is 0 Å². The van der Waals surface area contributed by atoms with E-state index < -0.39 is 11.8 Å². The number of carbonyl (C=O) groups is 1. The van der Waals surface area contributed by atoms with Crippen molar-refractivity contribution in [3.8, 4) is 5.75 Å². The molecular formula is C17H13F3O3. The van der Waals surface area contributed by atoms with E-state index in [4.69, 9.17) is 9.47 Å². The molecule has 0 aromatic heterocycles. The van der Waals surface area contributed by atoms with Gasteiger partial charge in [0.1, 0.15) is 5.75 Å². The molecule has 0 saturated heterocycles. The quantitative estimate of drug-likeness (QED) is 0.805. The summed E-state index contributed by atoms with van der Waals surface area (Å²) in [7, 11) is 1.36. The van der Waals surface area contributed by atoms with Crippen molar-refractivity contribution in [2.45, 2.75) is 18.4 Å². The Bertz CT molecular complexity index is 741. The van der Waals surface area contributed by atoms with E-state index in [9.17, 15) is 18.0 Å². The number of halogens is 3. The zero-order valence-corrected chi connectivity index (χ0v) is 12.2. The average molecular weight is 322 g/mol. The molecule has 0 bridgehead atoms. The van der Waals surface area contributed by atoms with Crippen molar-refractivity contribution in [2.24, 2.45) is 0 Å². The van der Waals surface area contributed by atoms with Gasteiger partial charge in [0, 0.05) is 5.56 Å². The normalized spacial score (nSPS) is 20.2. The molecular weight excluding hydrogens is 309 g/mol. The molecule has 0 N–H and O–H groups in total. The van der Waals surface area contributed by atoms with E-state index in [0.717, 1.165) is 0 Å². The number of carbonyl (C=O) groups excluding carboxylic acids is 1. The van der Waals surface area contributed by atoms with Crippen molar-refractivity contribution in [1.82, 2.24) is 0 Å². The number of hydrogen-bond acceptors (Lipinski definition) is 3. The summed E-state index contributed by atoms with van der Waals surface area (Å²) in [5.41, 5.74) is -2.25. The fraction of sp³-hybridized carbons (Fsp3) is 0.235. The number of benzene rings is 2. The van der Waals surface area contributed by atoms with Gasteiger partial charge in [0.15, 0.2) is 6.29 Å². The van der Waals surface area contributed by atoms with Gasteiger partial charge in [-0.3, -0.25) is 4.79 Å². The number of fused-ring (bicyclic) bond motifs is 1. The van der Waals surface area contributed by atoms with Gasteiger partial charge >= 0.3 is 6.18 Å². The molecule has 23 heavy (non-hydrogen) atoms. The maximum absolute atomic E-state index is 14.0.